The van der Waals surface area contributed by atoms with E-state index in [1.165, 1.54) is 0 Å². The second-order valence-corrected chi connectivity index (χ2v) is 6.75. The van der Waals surface area contributed by atoms with E-state index in [0.717, 1.165) is 18.5 Å². The summed E-state index contributed by atoms with van der Waals surface area (Å²) in [5.74, 6) is -0.221. The molecule has 1 heterocycles. The molecule has 0 unspecified atom stereocenters. The molecule has 1 aromatic heterocycles. The van der Waals surface area contributed by atoms with E-state index >= 15 is 0 Å². The number of nitrogens with zero attached hydrogens (tertiary/aromatic N) is 3. The van der Waals surface area contributed by atoms with Crippen LogP contribution in [0.1, 0.15) is 19.8 Å². The summed E-state index contributed by atoms with van der Waals surface area (Å²) in [4.78, 5) is 25.2. The number of hydrogen-bond acceptors (Lipinski definition) is 5. The van der Waals surface area contributed by atoms with Gasteiger partial charge < -0.3 is 20.5 Å². The number of carboxylic acids is 1. The summed E-state index contributed by atoms with van der Waals surface area (Å²) in [7, 11) is 1.57. The molecule has 1 aliphatic rings. The van der Waals surface area contributed by atoms with Crippen LogP contribution in [0.15, 0.2) is 36.7 Å². The van der Waals surface area contributed by atoms with Crippen molar-refractivity contribution in [3.63, 3.8) is 0 Å². The molecule has 3 N–H and O–H groups in total. The Kier molecular flexibility index (Phi) is 6.15. The molecule has 1 aromatic carbocycles. The number of nitrogens with one attached hydrogen (secondary N) is 2. The minimum absolute atomic E-state index is 0.0279. The van der Waals surface area contributed by atoms with Gasteiger partial charge in [-0.15, -0.1) is 0 Å². The highest BCUT2D eigenvalue weighted by molar-refractivity contribution is 5.90. The molecule has 0 spiro atoms. The summed E-state index contributed by atoms with van der Waals surface area (Å²) in [5.41, 5.74) is 1.37. The molecule has 28 heavy (non-hydrogen) atoms. The SMILES string of the molecule is CCN(CC(=O)O)C1CC(NC(=O)Nc2cc(OC)cc(-n3cccn3)c2)C1. The fourth-order valence-electron chi connectivity index (χ4n) is 3.36. The normalized spacial score (nSPS) is 18.4. The predicted octanol–water partition coefficient (Wildman–Crippen LogP) is 1.94. The Bertz CT molecular complexity index is 818. The van der Waals surface area contributed by atoms with Crippen molar-refractivity contribution in [2.45, 2.75) is 31.8 Å². The lowest BCUT2D eigenvalue weighted by Gasteiger charge is -2.42. The molecule has 150 valence electrons. The van der Waals surface area contributed by atoms with Gasteiger partial charge in [-0.25, -0.2) is 9.48 Å². The summed E-state index contributed by atoms with van der Waals surface area (Å²) < 4.78 is 6.99. The molecule has 1 aliphatic carbocycles. The molecule has 2 amide bonds. The van der Waals surface area contributed by atoms with Crippen LogP contribution >= 0.6 is 0 Å². The third kappa shape index (κ3) is 4.80. The highest BCUT2D eigenvalue weighted by Gasteiger charge is 2.34. The predicted molar refractivity (Wildman–Crippen MR) is 104 cm³/mol. The van der Waals surface area contributed by atoms with E-state index in [0.29, 0.717) is 18.0 Å². The van der Waals surface area contributed by atoms with Crippen LogP contribution in [0.4, 0.5) is 10.5 Å². The van der Waals surface area contributed by atoms with Crippen LogP contribution in [0.5, 0.6) is 5.75 Å². The van der Waals surface area contributed by atoms with Crippen LogP contribution in [0, 0.1) is 0 Å². The lowest BCUT2D eigenvalue weighted by molar-refractivity contribution is -0.139. The molecule has 0 atom stereocenters. The monoisotopic (exact) mass is 387 g/mol. The second-order valence-electron chi connectivity index (χ2n) is 6.75. The molecule has 1 saturated carbocycles. The summed E-state index contributed by atoms with van der Waals surface area (Å²) >= 11 is 0. The van der Waals surface area contributed by atoms with Gasteiger partial charge in [-0.1, -0.05) is 6.92 Å². The molecule has 0 aliphatic heterocycles. The van der Waals surface area contributed by atoms with Crippen LogP contribution < -0.4 is 15.4 Å². The number of carboxylic acid groups (broad SMARTS) is 1. The molecular weight excluding hydrogens is 362 g/mol. The summed E-state index contributed by atoms with van der Waals surface area (Å²) in [6, 6.07) is 7.11. The zero-order valence-corrected chi connectivity index (χ0v) is 16.0. The number of anilines is 1. The van der Waals surface area contributed by atoms with Gasteiger partial charge in [-0.3, -0.25) is 9.69 Å². The van der Waals surface area contributed by atoms with Crippen LogP contribution in [-0.4, -0.2) is 64.1 Å². The number of amides is 2. The van der Waals surface area contributed by atoms with Gasteiger partial charge in [0.1, 0.15) is 5.75 Å². The molecule has 2 aromatic rings. The second kappa shape index (κ2) is 8.75. The van der Waals surface area contributed by atoms with Crippen molar-refractivity contribution >= 4 is 17.7 Å². The lowest BCUT2D eigenvalue weighted by atomic mass is 9.85. The smallest absolute Gasteiger partial charge is 0.319 e. The number of aliphatic carboxylic acids is 1. The largest absolute Gasteiger partial charge is 0.497 e. The lowest BCUT2D eigenvalue weighted by Crippen LogP contribution is -2.55. The molecule has 9 nitrogen and oxygen atoms in total. The van der Waals surface area contributed by atoms with Gasteiger partial charge >= 0.3 is 12.0 Å². The maximum atomic E-state index is 12.3. The molecular formula is C19H25N5O4. The standard InChI is InChI=1S/C19H25N5O4/c1-3-23(12-18(25)26)15-7-13(8-15)21-19(27)22-14-9-16(11-17(10-14)28-2)24-6-4-5-20-24/h4-6,9-11,13,15H,3,7-8,12H2,1-2H3,(H,25,26)(H2,21,22,27). The van der Waals surface area contributed by atoms with E-state index in [1.807, 2.05) is 36.2 Å². The number of carbonyl (C=O) groups excluding carboxylic acids is 1. The van der Waals surface area contributed by atoms with E-state index in [2.05, 4.69) is 15.7 Å². The average molecular weight is 387 g/mol. The van der Waals surface area contributed by atoms with Crippen LogP contribution in [0.2, 0.25) is 0 Å². The summed E-state index contributed by atoms with van der Waals surface area (Å²) in [6.07, 6.45) is 4.97. The van der Waals surface area contributed by atoms with Gasteiger partial charge in [-0.2, -0.15) is 5.10 Å². The first-order valence-corrected chi connectivity index (χ1v) is 9.21. The Morgan fingerprint density at radius 1 is 1.36 bits per heavy atom. The fraction of sp³-hybridized carbons (Fsp3) is 0.421. The van der Waals surface area contributed by atoms with E-state index in [4.69, 9.17) is 9.84 Å². The van der Waals surface area contributed by atoms with Gasteiger partial charge in [0, 0.05) is 42.3 Å². The highest BCUT2D eigenvalue weighted by atomic mass is 16.5. The molecule has 9 heteroatoms. The number of benzene rings is 1. The molecule has 0 saturated heterocycles. The number of aromatic nitrogens is 2. The molecule has 0 radical (unpaired) electrons. The zero-order valence-electron chi connectivity index (χ0n) is 16.0. The number of likely N-dealkylation sites (N-methyl/N-ethyl adjacent to an activating group) is 1. The van der Waals surface area contributed by atoms with E-state index in [9.17, 15) is 9.59 Å². The number of methoxy groups -OCH3 is 1. The van der Waals surface area contributed by atoms with Crippen LogP contribution in [0.3, 0.4) is 0 Å². The van der Waals surface area contributed by atoms with Crippen molar-refractivity contribution in [3.05, 3.63) is 36.7 Å². The summed E-state index contributed by atoms with van der Waals surface area (Å²) in [6.45, 7) is 2.65. The van der Waals surface area contributed by atoms with Crippen molar-refractivity contribution in [1.82, 2.24) is 20.0 Å². The first-order valence-electron chi connectivity index (χ1n) is 9.21. The Morgan fingerprint density at radius 3 is 2.75 bits per heavy atom. The van der Waals surface area contributed by atoms with Crippen molar-refractivity contribution in [1.29, 1.82) is 0 Å². The van der Waals surface area contributed by atoms with Gasteiger partial charge in [0.25, 0.3) is 0 Å². The number of rotatable bonds is 8. The van der Waals surface area contributed by atoms with E-state index < -0.39 is 5.97 Å². The minimum Gasteiger partial charge on any atom is -0.497 e. The Morgan fingerprint density at radius 2 is 2.14 bits per heavy atom. The third-order valence-electron chi connectivity index (χ3n) is 4.86. The van der Waals surface area contributed by atoms with Crippen molar-refractivity contribution < 1.29 is 19.4 Å². The highest BCUT2D eigenvalue weighted by Crippen LogP contribution is 2.26. The quantitative estimate of drug-likeness (QED) is 0.639. The van der Waals surface area contributed by atoms with E-state index in [-0.39, 0.29) is 24.7 Å². The molecule has 1 fully saturated rings. The average Bonchev–Trinajstić information content (AvgIpc) is 3.17. The van der Waals surface area contributed by atoms with Gasteiger partial charge in [0.2, 0.25) is 0 Å². The van der Waals surface area contributed by atoms with Crippen molar-refractivity contribution in [3.8, 4) is 11.4 Å². The maximum absolute atomic E-state index is 12.3. The van der Waals surface area contributed by atoms with Gasteiger partial charge in [0.05, 0.1) is 19.3 Å². The first-order chi connectivity index (χ1) is 13.5. The number of carbonyl (C=O) groups is 2. The Balaban J connectivity index is 1.56. The van der Waals surface area contributed by atoms with Crippen LogP contribution in [0.25, 0.3) is 5.69 Å². The maximum Gasteiger partial charge on any atom is 0.319 e. The topological polar surface area (TPSA) is 109 Å². The van der Waals surface area contributed by atoms with Gasteiger partial charge in [0.15, 0.2) is 0 Å². The molecule has 0 bridgehead atoms. The van der Waals surface area contributed by atoms with Crippen molar-refractivity contribution in [2.24, 2.45) is 0 Å². The minimum atomic E-state index is -0.831. The Hall–Kier alpha value is -3.07. The van der Waals surface area contributed by atoms with Crippen LogP contribution in [-0.2, 0) is 4.79 Å². The number of hydrogen-bond donors (Lipinski definition) is 3. The zero-order chi connectivity index (χ0) is 20.1. The number of ether oxygens (including phenoxy) is 1. The third-order valence-corrected chi connectivity index (χ3v) is 4.86. The first kappa shape index (κ1) is 19.7. The van der Waals surface area contributed by atoms with Gasteiger partial charge in [-0.05, 0) is 31.5 Å². The summed E-state index contributed by atoms with van der Waals surface area (Å²) in [5, 5.41) is 18.9. The molecule has 3 rings (SSSR count). The van der Waals surface area contributed by atoms with E-state index in [1.54, 1.807) is 24.1 Å². The number of urea groups is 1. The Labute approximate surface area is 163 Å². The van der Waals surface area contributed by atoms with Crippen molar-refractivity contribution in [2.75, 3.05) is 25.5 Å². The fourth-order valence-corrected chi connectivity index (χ4v) is 3.36.